The predicted octanol–water partition coefficient (Wildman–Crippen LogP) is 3.42. The number of hydrogen-bond acceptors (Lipinski definition) is 4. The fraction of sp³-hybridized carbons (Fsp3) is 0.500. The van der Waals surface area contributed by atoms with Crippen LogP contribution in [-0.4, -0.2) is 29.7 Å². The van der Waals surface area contributed by atoms with E-state index >= 15 is 0 Å². The van der Waals surface area contributed by atoms with Crippen LogP contribution in [0.1, 0.15) is 49.0 Å². The second kappa shape index (κ2) is 11.1. The first-order valence-corrected chi connectivity index (χ1v) is 8.41. The van der Waals surface area contributed by atoms with Gasteiger partial charge in [0, 0.05) is 32.5 Å². The molecule has 1 aromatic heterocycles. The Hall–Kier alpha value is -1.64. The van der Waals surface area contributed by atoms with E-state index in [0.29, 0.717) is 11.8 Å². The lowest BCUT2D eigenvalue weighted by molar-refractivity contribution is 0.368. The van der Waals surface area contributed by atoms with Gasteiger partial charge in [-0.05, 0) is 24.5 Å². The fourth-order valence-corrected chi connectivity index (χ4v) is 2.26. The quantitative estimate of drug-likeness (QED) is 0.289. The molecule has 2 rings (SSSR count). The van der Waals surface area contributed by atoms with Gasteiger partial charge >= 0.3 is 0 Å². The van der Waals surface area contributed by atoms with Gasteiger partial charge in [0.15, 0.2) is 11.8 Å². The van der Waals surface area contributed by atoms with Crippen molar-refractivity contribution in [2.24, 2.45) is 4.99 Å². The van der Waals surface area contributed by atoms with Gasteiger partial charge in [0.25, 0.3) is 0 Å². The van der Waals surface area contributed by atoms with Crippen molar-refractivity contribution in [1.29, 1.82) is 0 Å². The van der Waals surface area contributed by atoms with Gasteiger partial charge < -0.3 is 15.2 Å². The molecule has 1 aromatic carbocycles. The van der Waals surface area contributed by atoms with Gasteiger partial charge in [0.2, 0.25) is 5.89 Å². The average molecular weight is 457 g/mol. The zero-order chi connectivity index (χ0) is 17.4. The molecule has 2 N–H and O–H groups in total. The van der Waals surface area contributed by atoms with Crippen molar-refractivity contribution in [3.63, 3.8) is 0 Å². The molecule has 7 heteroatoms. The Morgan fingerprint density at radius 3 is 2.64 bits per heavy atom. The molecular formula is C18H28IN5O. The standard InChI is InChI=1S/C18H27N5O.HI/c1-13(2)17-22-16(24-23-17)10-7-11-20-18(19-4)21-12-15-9-6-5-8-14(15)3;/h5-6,8-9,13H,7,10-12H2,1-4H3,(H2,19,20,21);1H. The number of nitrogens with zero attached hydrogens (tertiary/aromatic N) is 3. The molecule has 25 heavy (non-hydrogen) atoms. The Balaban J connectivity index is 0.00000312. The Morgan fingerprint density at radius 2 is 2.00 bits per heavy atom. The van der Waals surface area contributed by atoms with Crippen molar-refractivity contribution >= 4 is 29.9 Å². The second-order valence-electron chi connectivity index (χ2n) is 6.08. The Labute approximate surface area is 166 Å². The van der Waals surface area contributed by atoms with Gasteiger partial charge in [0.05, 0.1) is 0 Å². The molecule has 6 nitrogen and oxygen atoms in total. The highest BCUT2D eigenvalue weighted by atomic mass is 127. The third-order valence-electron chi connectivity index (χ3n) is 3.79. The molecule has 0 amide bonds. The lowest BCUT2D eigenvalue weighted by Gasteiger charge is -2.12. The summed E-state index contributed by atoms with van der Waals surface area (Å²) in [6.07, 6.45) is 1.67. The fourth-order valence-electron chi connectivity index (χ4n) is 2.26. The number of aliphatic imine (C=N–C) groups is 1. The normalized spacial score (nSPS) is 11.3. The SMILES string of the molecule is CN=C(NCCCc1nc(C(C)C)no1)NCc1ccccc1C.I. The van der Waals surface area contributed by atoms with Crippen molar-refractivity contribution in [1.82, 2.24) is 20.8 Å². The lowest BCUT2D eigenvalue weighted by atomic mass is 10.1. The highest BCUT2D eigenvalue weighted by Gasteiger charge is 2.09. The summed E-state index contributed by atoms with van der Waals surface area (Å²) in [5.41, 5.74) is 2.55. The highest BCUT2D eigenvalue weighted by Crippen LogP contribution is 2.10. The van der Waals surface area contributed by atoms with E-state index in [2.05, 4.69) is 64.7 Å². The number of nitrogens with one attached hydrogen (secondary N) is 2. The van der Waals surface area contributed by atoms with E-state index < -0.39 is 0 Å². The largest absolute Gasteiger partial charge is 0.356 e. The van der Waals surface area contributed by atoms with E-state index in [4.69, 9.17) is 4.52 Å². The minimum absolute atomic E-state index is 0. The van der Waals surface area contributed by atoms with Crippen LogP contribution in [0.4, 0.5) is 0 Å². The molecule has 0 bridgehead atoms. The summed E-state index contributed by atoms with van der Waals surface area (Å²) in [6, 6.07) is 8.34. The number of aryl methyl sites for hydroxylation is 2. The summed E-state index contributed by atoms with van der Waals surface area (Å²) >= 11 is 0. The first kappa shape index (κ1) is 21.4. The average Bonchev–Trinajstić information content (AvgIpc) is 3.05. The van der Waals surface area contributed by atoms with Gasteiger partial charge in [-0.2, -0.15) is 4.98 Å². The topological polar surface area (TPSA) is 75.3 Å². The molecule has 0 spiro atoms. The van der Waals surface area contributed by atoms with Crippen LogP contribution in [-0.2, 0) is 13.0 Å². The summed E-state index contributed by atoms with van der Waals surface area (Å²) < 4.78 is 5.24. The van der Waals surface area contributed by atoms with Gasteiger partial charge in [-0.3, -0.25) is 4.99 Å². The molecule has 0 radical (unpaired) electrons. The van der Waals surface area contributed by atoms with E-state index in [-0.39, 0.29) is 24.0 Å². The maximum absolute atomic E-state index is 5.24. The first-order valence-electron chi connectivity index (χ1n) is 8.41. The van der Waals surface area contributed by atoms with Gasteiger partial charge in [-0.1, -0.05) is 43.3 Å². The van der Waals surface area contributed by atoms with Crippen LogP contribution in [0, 0.1) is 6.92 Å². The molecule has 0 aliphatic carbocycles. The van der Waals surface area contributed by atoms with Crippen LogP contribution in [0.5, 0.6) is 0 Å². The molecule has 0 saturated heterocycles. The van der Waals surface area contributed by atoms with Gasteiger partial charge in [-0.15, -0.1) is 24.0 Å². The van der Waals surface area contributed by atoms with Crippen molar-refractivity contribution in [3.8, 4) is 0 Å². The minimum atomic E-state index is 0. The van der Waals surface area contributed by atoms with Crippen molar-refractivity contribution in [2.45, 2.75) is 46.1 Å². The molecule has 138 valence electrons. The van der Waals surface area contributed by atoms with E-state index in [0.717, 1.165) is 37.7 Å². The summed E-state index contributed by atoms with van der Waals surface area (Å²) in [6.45, 7) is 7.78. The zero-order valence-corrected chi connectivity index (χ0v) is 17.7. The zero-order valence-electron chi connectivity index (χ0n) is 15.4. The van der Waals surface area contributed by atoms with Crippen LogP contribution in [0.15, 0.2) is 33.8 Å². The molecule has 0 aliphatic heterocycles. The minimum Gasteiger partial charge on any atom is -0.356 e. The van der Waals surface area contributed by atoms with Gasteiger partial charge in [-0.25, -0.2) is 0 Å². The maximum Gasteiger partial charge on any atom is 0.226 e. The van der Waals surface area contributed by atoms with Crippen molar-refractivity contribution in [3.05, 3.63) is 47.1 Å². The molecule has 0 saturated carbocycles. The highest BCUT2D eigenvalue weighted by molar-refractivity contribution is 14.0. The summed E-state index contributed by atoms with van der Waals surface area (Å²) in [4.78, 5) is 8.63. The molecular weight excluding hydrogens is 429 g/mol. The van der Waals surface area contributed by atoms with Crippen LogP contribution < -0.4 is 10.6 Å². The van der Waals surface area contributed by atoms with E-state index in [1.165, 1.54) is 11.1 Å². The molecule has 0 fully saturated rings. The third kappa shape index (κ3) is 7.01. The van der Waals surface area contributed by atoms with Crippen LogP contribution in [0.25, 0.3) is 0 Å². The number of benzene rings is 1. The van der Waals surface area contributed by atoms with E-state index in [1.807, 2.05) is 6.07 Å². The smallest absolute Gasteiger partial charge is 0.226 e. The lowest BCUT2D eigenvalue weighted by Crippen LogP contribution is -2.37. The van der Waals surface area contributed by atoms with Crippen LogP contribution >= 0.6 is 24.0 Å². The predicted molar refractivity (Wildman–Crippen MR) is 112 cm³/mol. The third-order valence-corrected chi connectivity index (χ3v) is 3.79. The molecule has 0 unspecified atom stereocenters. The molecule has 2 aromatic rings. The summed E-state index contributed by atoms with van der Waals surface area (Å²) in [5.74, 6) is 2.56. The monoisotopic (exact) mass is 457 g/mol. The molecule has 0 atom stereocenters. The van der Waals surface area contributed by atoms with Crippen molar-refractivity contribution in [2.75, 3.05) is 13.6 Å². The second-order valence-corrected chi connectivity index (χ2v) is 6.08. The Kier molecular flexibility index (Phi) is 9.48. The molecule has 1 heterocycles. The van der Waals surface area contributed by atoms with E-state index in [9.17, 15) is 0 Å². The van der Waals surface area contributed by atoms with Crippen LogP contribution in [0.2, 0.25) is 0 Å². The Bertz CT molecular complexity index is 669. The first-order chi connectivity index (χ1) is 11.6. The van der Waals surface area contributed by atoms with Gasteiger partial charge in [0.1, 0.15) is 0 Å². The number of halogens is 1. The number of aromatic nitrogens is 2. The summed E-state index contributed by atoms with van der Waals surface area (Å²) in [5, 5.41) is 10.6. The van der Waals surface area contributed by atoms with E-state index in [1.54, 1.807) is 7.05 Å². The number of hydrogen-bond donors (Lipinski definition) is 2. The van der Waals surface area contributed by atoms with Crippen molar-refractivity contribution < 1.29 is 4.52 Å². The number of guanidine groups is 1. The Morgan fingerprint density at radius 1 is 1.24 bits per heavy atom. The summed E-state index contributed by atoms with van der Waals surface area (Å²) in [7, 11) is 1.78. The van der Waals surface area contributed by atoms with Crippen LogP contribution in [0.3, 0.4) is 0 Å². The maximum atomic E-state index is 5.24. The number of rotatable bonds is 7. The molecule has 0 aliphatic rings.